The molecule has 0 radical (unpaired) electrons. The van der Waals surface area contributed by atoms with E-state index in [4.69, 9.17) is 0 Å². The molecule has 5 heteroatoms. The summed E-state index contributed by atoms with van der Waals surface area (Å²) in [6.45, 7) is 4.15. The van der Waals surface area contributed by atoms with E-state index in [9.17, 15) is 20.1 Å². The molecule has 0 aromatic heterocycles. The Labute approximate surface area is 241 Å². The smallest absolute Gasteiger partial charge is 0.249 e. The van der Waals surface area contributed by atoms with Crippen molar-refractivity contribution in [3.63, 3.8) is 0 Å². The number of allylic oxidation sites excluding steroid dienone is 4. The molecule has 0 rings (SSSR count). The Morgan fingerprint density at radius 2 is 1.03 bits per heavy atom. The average molecular weight is 552 g/mol. The molecular weight excluding hydrogens is 486 g/mol. The maximum Gasteiger partial charge on any atom is 0.249 e. The maximum atomic E-state index is 12.3. The minimum Gasteiger partial charge on any atom is -0.394 e. The fourth-order valence-electron chi connectivity index (χ4n) is 4.88. The van der Waals surface area contributed by atoms with E-state index in [2.05, 4.69) is 43.5 Å². The summed E-state index contributed by atoms with van der Waals surface area (Å²) in [6, 6.07) is -0.713. The monoisotopic (exact) mass is 551 g/mol. The zero-order valence-electron chi connectivity index (χ0n) is 25.8. The van der Waals surface area contributed by atoms with Gasteiger partial charge in [0.25, 0.3) is 0 Å². The van der Waals surface area contributed by atoms with Gasteiger partial charge in [-0.3, -0.25) is 4.79 Å². The number of hydrogen-bond acceptors (Lipinski definition) is 4. The Morgan fingerprint density at radius 1 is 0.615 bits per heavy atom. The fraction of sp³-hybridized carbons (Fsp3) is 0.853. The molecule has 0 aromatic carbocycles. The third kappa shape index (κ3) is 25.5. The van der Waals surface area contributed by atoms with Crippen molar-refractivity contribution in [2.45, 2.75) is 180 Å². The average Bonchev–Trinajstić information content (AvgIpc) is 2.94. The van der Waals surface area contributed by atoms with Crippen molar-refractivity contribution in [3.8, 4) is 0 Å². The van der Waals surface area contributed by atoms with Crippen LogP contribution in [0.15, 0.2) is 24.3 Å². The lowest BCUT2D eigenvalue weighted by Crippen LogP contribution is -2.49. The van der Waals surface area contributed by atoms with Crippen LogP contribution >= 0.6 is 0 Å². The van der Waals surface area contributed by atoms with Gasteiger partial charge in [0, 0.05) is 0 Å². The third-order valence-electron chi connectivity index (χ3n) is 7.60. The van der Waals surface area contributed by atoms with Crippen molar-refractivity contribution < 1.29 is 20.1 Å². The first-order chi connectivity index (χ1) is 19.1. The third-order valence-corrected chi connectivity index (χ3v) is 7.60. The van der Waals surface area contributed by atoms with Crippen molar-refractivity contribution in [2.24, 2.45) is 0 Å². The van der Waals surface area contributed by atoms with Crippen LogP contribution in [0.4, 0.5) is 0 Å². The van der Waals surface area contributed by atoms with E-state index in [1.165, 1.54) is 89.9 Å². The molecule has 39 heavy (non-hydrogen) atoms. The van der Waals surface area contributed by atoms with E-state index in [1.807, 2.05) is 0 Å². The summed E-state index contributed by atoms with van der Waals surface area (Å²) in [5.41, 5.74) is 0. The Balaban J connectivity index is 3.77. The van der Waals surface area contributed by atoms with Crippen molar-refractivity contribution in [2.75, 3.05) is 6.61 Å². The van der Waals surface area contributed by atoms with Gasteiger partial charge < -0.3 is 20.6 Å². The van der Waals surface area contributed by atoms with Gasteiger partial charge >= 0.3 is 0 Å². The number of unbranched alkanes of at least 4 members (excludes halogenated alkanes) is 18. The molecule has 0 fully saturated rings. The molecule has 230 valence electrons. The van der Waals surface area contributed by atoms with Crippen molar-refractivity contribution in [1.82, 2.24) is 5.32 Å². The molecule has 4 N–H and O–H groups in total. The second-order valence-electron chi connectivity index (χ2n) is 11.4. The Bertz CT molecular complexity index is 578. The van der Waals surface area contributed by atoms with Gasteiger partial charge in [-0.2, -0.15) is 0 Å². The van der Waals surface area contributed by atoms with Crippen LogP contribution < -0.4 is 5.32 Å². The van der Waals surface area contributed by atoms with Crippen LogP contribution in [0, 0.1) is 0 Å². The molecule has 3 unspecified atom stereocenters. The highest BCUT2D eigenvalue weighted by atomic mass is 16.3. The summed E-state index contributed by atoms with van der Waals surface area (Å²) in [5, 5.41) is 32.9. The first kappa shape index (κ1) is 37.8. The molecule has 0 spiro atoms. The summed E-state index contributed by atoms with van der Waals surface area (Å²) < 4.78 is 0. The molecule has 3 atom stereocenters. The number of aliphatic hydroxyl groups is 3. The van der Waals surface area contributed by atoms with Gasteiger partial charge in [0.15, 0.2) is 0 Å². The number of carbonyl (C=O) groups is 1. The Hall–Kier alpha value is -1.17. The van der Waals surface area contributed by atoms with E-state index >= 15 is 0 Å². The van der Waals surface area contributed by atoms with Crippen LogP contribution in [0.3, 0.4) is 0 Å². The Morgan fingerprint density at radius 3 is 1.54 bits per heavy atom. The predicted octanol–water partition coefficient (Wildman–Crippen LogP) is 8.31. The van der Waals surface area contributed by atoms with Crippen LogP contribution in [0.25, 0.3) is 0 Å². The largest absolute Gasteiger partial charge is 0.394 e. The number of aliphatic hydroxyl groups excluding tert-OH is 3. The molecule has 0 bridgehead atoms. The Kier molecular flexibility index (Phi) is 28.9. The molecule has 0 aliphatic carbocycles. The van der Waals surface area contributed by atoms with Crippen LogP contribution in [0.1, 0.15) is 162 Å². The van der Waals surface area contributed by atoms with Gasteiger partial charge in [0.05, 0.1) is 18.8 Å². The minimum atomic E-state index is -1.08. The van der Waals surface area contributed by atoms with Gasteiger partial charge in [-0.05, 0) is 38.5 Å². The number of hydrogen-bond donors (Lipinski definition) is 4. The summed E-state index contributed by atoms with van der Waals surface area (Å²) in [4.78, 5) is 12.3. The zero-order valence-corrected chi connectivity index (χ0v) is 25.8. The van der Waals surface area contributed by atoms with Crippen LogP contribution in [0.2, 0.25) is 0 Å². The van der Waals surface area contributed by atoms with Crippen LogP contribution in [0.5, 0.6) is 0 Å². The second kappa shape index (κ2) is 29.8. The van der Waals surface area contributed by atoms with Crippen LogP contribution in [-0.2, 0) is 4.79 Å². The standard InChI is InChI=1S/C34H65NO4/c1-3-5-7-9-11-13-15-16-17-19-21-23-25-27-29-33(38)34(39)35-31(30-36)32(37)28-26-24-22-20-18-14-12-10-8-6-4-2/h11,13,15-16,31-33,36-38H,3-10,12,14,17-30H2,1-2H3,(H,35,39)/b13-11-,16-15-. The molecule has 1 amide bonds. The zero-order chi connectivity index (χ0) is 28.8. The number of nitrogens with one attached hydrogen (secondary N) is 1. The molecule has 5 nitrogen and oxygen atoms in total. The van der Waals surface area contributed by atoms with E-state index < -0.39 is 24.2 Å². The normalized spacial score (nSPS) is 14.3. The SMILES string of the molecule is CCCCC/C=C\C=C/CCCCCCCC(O)C(=O)NC(CO)C(O)CCCCCCCCCCCCC. The molecule has 0 saturated carbocycles. The van der Waals surface area contributed by atoms with Gasteiger partial charge in [0.2, 0.25) is 5.91 Å². The second-order valence-corrected chi connectivity index (χ2v) is 11.4. The molecule has 0 aliphatic rings. The van der Waals surface area contributed by atoms with Crippen molar-refractivity contribution in [1.29, 1.82) is 0 Å². The van der Waals surface area contributed by atoms with E-state index in [1.54, 1.807) is 0 Å². The lowest BCUT2D eigenvalue weighted by molar-refractivity contribution is -0.131. The highest BCUT2D eigenvalue weighted by Crippen LogP contribution is 2.14. The molecule has 0 aromatic rings. The maximum absolute atomic E-state index is 12.3. The quantitative estimate of drug-likeness (QED) is 0.0556. The minimum absolute atomic E-state index is 0.319. The molecule has 0 aliphatic heterocycles. The van der Waals surface area contributed by atoms with Crippen molar-refractivity contribution in [3.05, 3.63) is 24.3 Å². The lowest BCUT2D eigenvalue weighted by atomic mass is 10.0. The van der Waals surface area contributed by atoms with Gasteiger partial charge in [-0.1, -0.05) is 147 Å². The summed E-state index contributed by atoms with van der Waals surface area (Å²) in [6.07, 6.45) is 32.9. The van der Waals surface area contributed by atoms with E-state index in [0.29, 0.717) is 12.8 Å². The fourth-order valence-corrected chi connectivity index (χ4v) is 4.88. The summed E-state index contributed by atoms with van der Waals surface area (Å²) in [5.74, 6) is -0.486. The summed E-state index contributed by atoms with van der Waals surface area (Å²) >= 11 is 0. The first-order valence-electron chi connectivity index (χ1n) is 16.7. The first-order valence-corrected chi connectivity index (χ1v) is 16.7. The lowest BCUT2D eigenvalue weighted by Gasteiger charge is -2.23. The van der Waals surface area contributed by atoms with Gasteiger partial charge in [0.1, 0.15) is 6.10 Å². The number of carbonyl (C=O) groups excluding carboxylic acids is 1. The summed E-state index contributed by atoms with van der Waals surface area (Å²) in [7, 11) is 0. The van der Waals surface area contributed by atoms with Gasteiger partial charge in [-0.25, -0.2) is 0 Å². The predicted molar refractivity (Wildman–Crippen MR) is 167 cm³/mol. The van der Waals surface area contributed by atoms with E-state index in [0.717, 1.165) is 44.9 Å². The number of amides is 1. The van der Waals surface area contributed by atoms with Crippen LogP contribution in [-0.4, -0.2) is 46.1 Å². The van der Waals surface area contributed by atoms with Crippen molar-refractivity contribution >= 4 is 5.91 Å². The number of rotatable bonds is 29. The highest BCUT2D eigenvalue weighted by molar-refractivity contribution is 5.80. The highest BCUT2D eigenvalue weighted by Gasteiger charge is 2.23. The topological polar surface area (TPSA) is 89.8 Å². The van der Waals surface area contributed by atoms with E-state index in [-0.39, 0.29) is 6.61 Å². The molecular formula is C34H65NO4. The molecule has 0 saturated heterocycles. The molecule has 0 heterocycles. The van der Waals surface area contributed by atoms with Gasteiger partial charge in [-0.15, -0.1) is 0 Å².